The van der Waals surface area contributed by atoms with Crippen molar-refractivity contribution in [1.82, 2.24) is 0 Å². The van der Waals surface area contributed by atoms with Crippen molar-refractivity contribution >= 4 is 12.4 Å². The van der Waals surface area contributed by atoms with Crippen LogP contribution in [0.2, 0.25) is 0 Å². The second kappa shape index (κ2) is 9.20. The first-order valence-electron chi connectivity index (χ1n) is 7.01. The molecule has 0 bridgehead atoms. The summed E-state index contributed by atoms with van der Waals surface area (Å²) in [5, 5.41) is 10.1. The van der Waals surface area contributed by atoms with E-state index in [1.54, 1.807) is 0 Å². The molecule has 0 radical (unpaired) electrons. The molecule has 134 valence electrons. The fraction of sp³-hybridized carbons (Fsp3) is 0.600. The summed E-state index contributed by atoms with van der Waals surface area (Å²) >= 11 is 0. The summed E-state index contributed by atoms with van der Waals surface area (Å²) in [7, 11) is 1.32. The van der Waals surface area contributed by atoms with Crippen LogP contribution < -0.4 is 15.2 Å². The Bertz CT molecular complexity index is 484. The minimum atomic E-state index is -4.77. The normalized spacial score (nSPS) is 14.1. The molecule has 3 N–H and O–H groups in total. The van der Waals surface area contributed by atoms with Gasteiger partial charge in [-0.1, -0.05) is 13.8 Å². The summed E-state index contributed by atoms with van der Waals surface area (Å²) in [6.45, 7) is 4.06. The van der Waals surface area contributed by atoms with Crippen LogP contribution in [0.4, 0.5) is 13.2 Å². The molecule has 0 amide bonds. The fourth-order valence-electron chi connectivity index (χ4n) is 2.05. The van der Waals surface area contributed by atoms with Gasteiger partial charge in [-0.3, -0.25) is 0 Å². The Labute approximate surface area is 140 Å². The van der Waals surface area contributed by atoms with E-state index in [1.807, 2.05) is 13.8 Å². The molecule has 0 heterocycles. The minimum Gasteiger partial charge on any atom is -0.496 e. The van der Waals surface area contributed by atoms with Gasteiger partial charge in [-0.05, 0) is 30.9 Å². The van der Waals surface area contributed by atoms with Gasteiger partial charge < -0.3 is 20.3 Å². The standard InChI is InChI=1S/C15H22F3NO3.ClH/c1-9(2)4-7-12(20)14(19)11-6-5-10(8-13(11)21-3)22-15(16,17)18;/h5-6,8-9,12,14,20H,4,7,19H2,1-3H3;1H/t12-,14+;/m1./s1. The van der Waals surface area contributed by atoms with E-state index in [9.17, 15) is 18.3 Å². The number of methoxy groups -OCH3 is 1. The summed E-state index contributed by atoms with van der Waals surface area (Å²) in [6.07, 6.45) is -4.27. The molecule has 0 aliphatic rings. The van der Waals surface area contributed by atoms with Crippen molar-refractivity contribution in [2.75, 3.05) is 7.11 Å². The number of nitrogens with two attached hydrogens (primary N) is 1. The van der Waals surface area contributed by atoms with Crippen molar-refractivity contribution in [1.29, 1.82) is 0 Å². The zero-order valence-electron chi connectivity index (χ0n) is 13.3. The molecule has 0 aliphatic carbocycles. The molecule has 4 nitrogen and oxygen atoms in total. The van der Waals surface area contributed by atoms with E-state index in [2.05, 4.69) is 4.74 Å². The maximum absolute atomic E-state index is 12.2. The summed E-state index contributed by atoms with van der Waals surface area (Å²) in [6, 6.07) is 2.90. The lowest BCUT2D eigenvalue weighted by Crippen LogP contribution is -2.27. The van der Waals surface area contributed by atoms with Crippen LogP contribution in [0.5, 0.6) is 11.5 Å². The van der Waals surface area contributed by atoms with Gasteiger partial charge in [0.05, 0.1) is 19.3 Å². The average molecular weight is 358 g/mol. The molecule has 0 spiro atoms. The number of hydrogen-bond donors (Lipinski definition) is 2. The van der Waals surface area contributed by atoms with Gasteiger partial charge in [0.1, 0.15) is 11.5 Å². The molecule has 1 aromatic rings. The van der Waals surface area contributed by atoms with E-state index in [-0.39, 0.29) is 18.2 Å². The Kier molecular flexibility index (Phi) is 8.73. The summed E-state index contributed by atoms with van der Waals surface area (Å²) in [5.74, 6) is 0.182. The van der Waals surface area contributed by atoms with Crippen molar-refractivity contribution in [3.8, 4) is 11.5 Å². The van der Waals surface area contributed by atoms with E-state index in [0.717, 1.165) is 18.6 Å². The van der Waals surface area contributed by atoms with Crippen molar-refractivity contribution in [2.24, 2.45) is 11.7 Å². The van der Waals surface area contributed by atoms with Crippen LogP contribution in [0.3, 0.4) is 0 Å². The maximum Gasteiger partial charge on any atom is 0.573 e. The summed E-state index contributed by atoms with van der Waals surface area (Å²) in [4.78, 5) is 0. The van der Waals surface area contributed by atoms with Crippen molar-refractivity contribution in [2.45, 2.75) is 45.2 Å². The fourth-order valence-corrected chi connectivity index (χ4v) is 2.05. The van der Waals surface area contributed by atoms with E-state index < -0.39 is 24.3 Å². The molecular weight excluding hydrogens is 335 g/mol. The van der Waals surface area contributed by atoms with E-state index in [4.69, 9.17) is 10.5 Å². The van der Waals surface area contributed by atoms with Crippen LogP contribution in [-0.2, 0) is 0 Å². The maximum atomic E-state index is 12.2. The third kappa shape index (κ3) is 7.28. The highest BCUT2D eigenvalue weighted by atomic mass is 35.5. The van der Waals surface area contributed by atoms with Crippen LogP contribution in [0, 0.1) is 5.92 Å². The van der Waals surface area contributed by atoms with Crippen LogP contribution >= 0.6 is 12.4 Å². The Morgan fingerprint density at radius 3 is 2.30 bits per heavy atom. The first-order chi connectivity index (χ1) is 10.1. The molecule has 1 rings (SSSR count). The smallest absolute Gasteiger partial charge is 0.496 e. The first kappa shape index (κ1) is 21.8. The second-order valence-electron chi connectivity index (χ2n) is 5.52. The lowest BCUT2D eigenvalue weighted by atomic mass is 9.95. The zero-order valence-corrected chi connectivity index (χ0v) is 14.1. The molecule has 2 atom stereocenters. The first-order valence-corrected chi connectivity index (χ1v) is 7.01. The number of ether oxygens (including phenoxy) is 2. The van der Waals surface area contributed by atoms with E-state index >= 15 is 0 Å². The summed E-state index contributed by atoms with van der Waals surface area (Å²) < 4.78 is 45.5. The molecule has 0 aromatic heterocycles. The van der Waals surface area contributed by atoms with Crippen LogP contribution in [-0.4, -0.2) is 24.7 Å². The molecule has 1 aromatic carbocycles. The number of hydrogen-bond acceptors (Lipinski definition) is 4. The molecule has 0 saturated carbocycles. The largest absolute Gasteiger partial charge is 0.573 e. The van der Waals surface area contributed by atoms with Gasteiger partial charge in [0.2, 0.25) is 0 Å². The van der Waals surface area contributed by atoms with E-state index in [1.165, 1.54) is 13.2 Å². The highest BCUT2D eigenvalue weighted by molar-refractivity contribution is 5.85. The lowest BCUT2D eigenvalue weighted by Gasteiger charge is -2.22. The number of aliphatic hydroxyl groups is 1. The summed E-state index contributed by atoms with van der Waals surface area (Å²) in [5.41, 5.74) is 6.42. The third-order valence-electron chi connectivity index (χ3n) is 3.25. The number of alkyl halides is 3. The van der Waals surface area contributed by atoms with Crippen molar-refractivity contribution in [3.63, 3.8) is 0 Å². The SMILES string of the molecule is COc1cc(OC(F)(F)F)ccc1[C@H](N)[C@H](O)CCC(C)C.Cl. The van der Waals surface area contributed by atoms with Crippen LogP contribution in [0.1, 0.15) is 38.3 Å². The predicted molar refractivity (Wildman–Crippen MR) is 83.9 cm³/mol. The number of aliphatic hydroxyl groups excluding tert-OH is 1. The van der Waals surface area contributed by atoms with Crippen LogP contribution in [0.15, 0.2) is 18.2 Å². The molecule has 23 heavy (non-hydrogen) atoms. The monoisotopic (exact) mass is 357 g/mol. The van der Waals surface area contributed by atoms with Gasteiger partial charge in [0.25, 0.3) is 0 Å². The minimum absolute atomic E-state index is 0. The Hall–Kier alpha value is -1.18. The molecular formula is C15H23ClF3NO3. The topological polar surface area (TPSA) is 64.7 Å². The number of halogens is 4. The lowest BCUT2D eigenvalue weighted by molar-refractivity contribution is -0.274. The Morgan fingerprint density at radius 1 is 1.22 bits per heavy atom. The number of benzene rings is 1. The quantitative estimate of drug-likeness (QED) is 0.778. The second-order valence-corrected chi connectivity index (χ2v) is 5.52. The molecule has 0 aliphatic heterocycles. The Balaban J connectivity index is 0.00000484. The van der Waals surface area contributed by atoms with Crippen molar-refractivity contribution in [3.05, 3.63) is 23.8 Å². The molecule has 0 unspecified atom stereocenters. The Morgan fingerprint density at radius 2 is 1.83 bits per heavy atom. The van der Waals surface area contributed by atoms with Crippen molar-refractivity contribution < 1.29 is 27.8 Å². The third-order valence-corrected chi connectivity index (χ3v) is 3.25. The van der Waals surface area contributed by atoms with Gasteiger partial charge >= 0.3 is 6.36 Å². The zero-order chi connectivity index (χ0) is 16.9. The number of rotatable bonds is 7. The molecule has 0 fully saturated rings. The van der Waals surface area contributed by atoms with Gasteiger partial charge in [-0.2, -0.15) is 0 Å². The van der Waals surface area contributed by atoms with Gasteiger partial charge in [0, 0.05) is 11.6 Å². The van der Waals surface area contributed by atoms with Crippen LogP contribution in [0.25, 0.3) is 0 Å². The van der Waals surface area contributed by atoms with Gasteiger partial charge in [-0.25, -0.2) is 0 Å². The van der Waals surface area contributed by atoms with Gasteiger partial charge in [-0.15, -0.1) is 25.6 Å². The van der Waals surface area contributed by atoms with E-state index in [0.29, 0.717) is 17.9 Å². The highest BCUT2D eigenvalue weighted by Crippen LogP contribution is 2.33. The highest BCUT2D eigenvalue weighted by Gasteiger charge is 2.31. The predicted octanol–water partition coefficient (Wildman–Crippen LogP) is 3.81. The van der Waals surface area contributed by atoms with Gasteiger partial charge in [0.15, 0.2) is 0 Å². The molecule has 8 heteroatoms. The average Bonchev–Trinajstić information content (AvgIpc) is 2.42. The molecule has 0 saturated heterocycles.